The van der Waals surface area contributed by atoms with E-state index in [2.05, 4.69) is 10.3 Å². The molecular formula is C18H16ClF4N3O5. The Morgan fingerprint density at radius 2 is 1.90 bits per heavy atom. The van der Waals surface area contributed by atoms with E-state index in [1.165, 1.54) is 20.2 Å². The molecule has 1 aromatic heterocycles. The number of aryl methyl sites for hydroxylation is 1. The van der Waals surface area contributed by atoms with Gasteiger partial charge in [-0.3, -0.25) is 10.1 Å². The molecule has 2 aromatic rings. The molecule has 1 aromatic carbocycles. The second-order valence-corrected chi connectivity index (χ2v) is 6.53. The molecule has 8 nitrogen and oxygen atoms in total. The average Bonchev–Trinajstić information content (AvgIpc) is 2.66. The van der Waals surface area contributed by atoms with Crippen molar-refractivity contribution in [3.63, 3.8) is 0 Å². The van der Waals surface area contributed by atoms with Crippen LogP contribution in [0.4, 0.5) is 33.7 Å². The number of amides is 2. The fraction of sp³-hybridized carbons (Fsp3) is 0.278. The Morgan fingerprint density at radius 3 is 2.45 bits per heavy atom. The highest BCUT2D eigenvalue weighted by atomic mass is 35.5. The quantitative estimate of drug-likeness (QED) is 0.525. The van der Waals surface area contributed by atoms with E-state index in [-0.39, 0.29) is 16.6 Å². The van der Waals surface area contributed by atoms with Crippen LogP contribution in [0.2, 0.25) is 5.02 Å². The first-order chi connectivity index (χ1) is 14.3. The number of methoxy groups -OCH3 is 1. The smallest absolute Gasteiger partial charge is 0.425 e. The number of rotatable bonds is 6. The zero-order chi connectivity index (χ0) is 23.5. The largest absolute Gasteiger partial charge is 0.480 e. The number of carboxylic acid groups (broad SMARTS) is 1. The molecule has 1 unspecified atom stereocenters. The molecule has 2 amide bonds. The molecule has 1 heterocycles. The standard InChI is InChI=1S/C18H16ClF4N3O5/c1-7-6-24-16(30-3)13(19)14(7)26-15(27)9-4-10(20)11(25-17(28)29)5-12(9)31-8(2)18(21,22)23/h4-6,8,25H,1-3H3,(H,28,29)(H,24,26,27). The SMILES string of the molecule is COc1ncc(C)c(NC(=O)c2cc(F)c(NC(=O)O)cc2OC(C)C(F)(F)F)c1Cl. The lowest BCUT2D eigenvalue weighted by atomic mass is 10.1. The van der Waals surface area contributed by atoms with Gasteiger partial charge in [0.05, 0.1) is 24.0 Å². The van der Waals surface area contributed by atoms with E-state index in [9.17, 15) is 27.2 Å². The summed E-state index contributed by atoms with van der Waals surface area (Å²) in [5, 5.41) is 12.7. The lowest BCUT2D eigenvalue weighted by molar-refractivity contribution is -0.189. The monoisotopic (exact) mass is 465 g/mol. The van der Waals surface area contributed by atoms with Gasteiger partial charge in [0.15, 0.2) is 6.10 Å². The number of aromatic nitrogens is 1. The fourth-order valence-electron chi connectivity index (χ4n) is 2.33. The zero-order valence-corrected chi connectivity index (χ0v) is 17.0. The Labute approximate surface area is 178 Å². The van der Waals surface area contributed by atoms with Gasteiger partial charge in [-0.25, -0.2) is 14.2 Å². The molecule has 13 heteroatoms. The van der Waals surface area contributed by atoms with Gasteiger partial charge in [-0.1, -0.05) is 11.6 Å². The van der Waals surface area contributed by atoms with Gasteiger partial charge >= 0.3 is 12.3 Å². The highest BCUT2D eigenvalue weighted by Gasteiger charge is 2.39. The van der Waals surface area contributed by atoms with E-state index in [0.717, 1.165) is 0 Å². The maximum Gasteiger partial charge on any atom is 0.425 e. The second-order valence-electron chi connectivity index (χ2n) is 6.15. The van der Waals surface area contributed by atoms with Gasteiger partial charge in [0, 0.05) is 12.3 Å². The Hall–Kier alpha value is -3.28. The highest BCUT2D eigenvalue weighted by molar-refractivity contribution is 6.35. The second kappa shape index (κ2) is 9.25. The highest BCUT2D eigenvalue weighted by Crippen LogP contribution is 2.35. The summed E-state index contributed by atoms with van der Waals surface area (Å²) in [5.41, 5.74) is -0.916. The van der Waals surface area contributed by atoms with Gasteiger partial charge in [-0.2, -0.15) is 13.2 Å². The molecule has 0 saturated carbocycles. The summed E-state index contributed by atoms with van der Waals surface area (Å²) in [6.45, 7) is 2.21. The van der Waals surface area contributed by atoms with Crippen LogP contribution in [-0.2, 0) is 0 Å². The van der Waals surface area contributed by atoms with Crippen LogP contribution in [-0.4, -0.2) is 41.5 Å². The Morgan fingerprint density at radius 1 is 1.26 bits per heavy atom. The van der Waals surface area contributed by atoms with Crippen LogP contribution in [0.1, 0.15) is 22.8 Å². The van der Waals surface area contributed by atoms with E-state index in [1.807, 2.05) is 0 Å². The van der Waals surface area contributed by atoms with Gasteiger partial charge in [0.25, 0.3) is 5.91 Å². The number of pyridine rings is 1. The first-order valence-corrected chi connectivity index (χ1v) is 8.80. The van der Waals surface area contributed by atoms with Gasteiger partial charge < -0.3 is 19.9 Å². The third-order valence-corrected chi connectivity index (χ3v) is 4.28. The van der Waals surface area contributed by atoms with E-state index < -0.39 is 47.1 Å². The van der Waals surface area contributed by atoms with Gasteiger partial charge in [-0.15, -0.1) is 0 Å². The first-order valence-electron chi connectivity index (χ1n) is 8.42. The number of alkyl halides is 3. The van der Waals surface area contributed by atoms with Crippen molar-refractivity contribution in [1.82, 2.24) is 4.98 Å². The lowest BCUT2D eigenvalue weighted by Gasteiger charge is -2.21. The molecule has 0 aliphatic carbocycles. The number of ether oxygens (including phenoxy) is 2. The molecule has 0 radical (unpaired) electrons. The normalized spacial score (nSPS) is 12.1. The lowest BCUT2D eigenvalue weighted by Crippen LogP contribution is -2.32. The minimum Gasteiger partial charge on any atom is -0.480 e. The predicted molar refractivity (Wildman–Crippen MR) is 103 cm³/mol. The number of halogens is 5. The molecule has 1 atom stereocenters. The minimum atomic E-state index is -4.80. The molecule has 2 rings (SSSR count). The van der Waals surface area contributed by atoms with Crippen molar-refractivity contribution in [1.29, 1.82) is 0 Å². The number of carbonyl (C=O) groups is 2. The number of hydrogen-bond donors (Lipinski definition) is 3. The van der Waals surface area contributed by atoms with Gasteiger partial charge in [0.2, 0.25) is 5.88 Å². The summed E-state index contributed by atoms with van der Waals surface area (Å²) in [5.74, 6) is -3.02. The molecule has 0 aliphatic rings. The number of nitrogens with zero attached hydrogens (tertiary/aromatic N) is 1. The molecule has 0 bridgehead atoms. The van der Waals surface area contributed by atoms with Crippen molar-refractivity contribution in [2.45, 2.75) is 26.1 Å². The van der Waals surface area contributed by atoms with Crippen LogP contribution in [0.5, 0.6) is 11.6 Å². The van der Waals surface area contributed by atoms with Crippen molar-refractivity contribution in [3.05, 3.63) is 40.3 Å². The Kier molecular flexibility index (Phi) is 7.16. The molecular weight excluding hydrogens is 450 g/mol. The maximum absolute atomic E-state index is 14.3. The topological polar surface area (TPSA) is 110 Å². The summed E-state index contributed by atoms with van der Waals surface area (Å²) in [7, 11) is 1.28. The number of hydrogen-bond acceptors (Lipinski definition) is 5. The van der Waals surface area contributed by atoms with Crippen molar-refractivity contribution in [2.75, 3.05) is 17.7 Å². The van der Waals surface area contributed by atoms with Crippen molar-refractivity contribution in [3.8, 4) is 11.6 Å². The summed E-state index contributed by atoms with van der Waals surface area (Å²) in [6.07, 6.45) is -7.53. The third kappa shape index (κ3) is 5.66. The fourth-order valence-corrected chi connectivity index (χ4v) is 2.65. The summed E-state index contributed by atoms with van der Waals surface area (Å²) in [6, 6.07) is 1.18. The van der Waals surface area contributed by atoms with Crippen LogP contribution in [0.25, 0.3) is 0 Å². The van der Waals surface area contributed by atoms with Crippen LogP contribution < -0.4 is 20.1 Å². The molecule has 31 heavy (non-hydrogen) atoms. The van der Waals surface area contributed by atoms with E-state index in [0.29, 0.717) is 24.6 Å². The summed E-state index contributed by atoms with van der Waals surface area (Å²) < 4.78 is 62.9. The van der Waals surface area contributed by atoms with Crippen LogP contribution >= 0.6 is 11.6 Å². The van der Waals surface area contributed by atoms with E-state index >= 15 is 0 Å². The molecule has 0 aliphatic heterocycles. The van der Waals surface area contributed by atoms with Crippen molar-refractivity contribution >= 4 is 35.0 Å². The van der Waals surface area contributed by atoms with Crippen LogP contribution in [0, 0.1) is 12.7 Å². The third-order valence-electron chi connectivity index (χ3n) is 3.93. The average molecular weight is 466 g/mol. The number of anilines is 2. The van der Waals surface area contributed by atoms with Crippen molar-refractivity contribution in [2.24, 2.45) is 0 Å². The first kappa shape index (κ1) is 24.0. The van der Waals surface area contributed by atoms with Crippen LogP contribution in [0.3, 0.4) is 0 Å². The molecule has 0 fully saturated rings. The van der Waals surface area contributed by atoms with Crippen LogP contribution in [0.15, 0.2) is 18.3 Å². The Balaban J connectivity index is 2.52. The number of nitrogens with one attached hydrogen (secondary N) is 2. The maximum atomic E-state index is 14.3. The minimum absolute atomic E-state index is 0.0292. The number of carbonyl (C=O) groups excluding carboxylic acids is 1. The van der Waals surface area contributed by atoms with Crippen molar-refractivity contribution < 1.29 is 41.7 Å². The molecule has 3 N–H and O–H groups in total. The molecule has 168 valence electrons. The van der Waals surface area contributed by atoms with Gasteiger partial charge in [-0.05, 0) is 25.5 Å². The summed E-state index contributed by atoms with van der Waals surface area (Å²) in [4.78, 5) is 27.5. The molecule has 0 saturated heterocycles. The Bertz CT molecular complexity index is 1020. The van der Waals surface area contributed by atoms with E-state index in [1.54, 1.807) is 5.32 Å². The summed E-state index contributed by atoms with van der Waals surface area (Å²) >= 11 is 6.11. The zero-order valence-electron chi connectivity index (χ0n) is 16.2. The van der Waals surface area contributed by atoms with E-state index in [4.69, 9.17) is 26.2 Å². The molecule has 0 spiro atoms. The van der Waals surface area contributed by atoms with Gasteiger partial charge in [0.1, 0.15) is 16.6 Å². The number of benzene rings is 1. The predicted octanol–water partition coefficient (Wildman–Crippen LogP) is 4.86.